The fourth-order valence-corrected chi connectivity index (χ4v) is 1.84. The van der Waals surface area contributed by atoms with Gasteiger partial charge in [-0.1, -0.05) is 19.1 Å². The molecular weight excluding hydrogens is 242 g/mol. The first-order valence-electron chi connectivity index (χ1n) is 5.97. The van der Waals surface area contributed by atoms with Crippen molar-refractivity contribution in [2.24, 2.45) is 0 Å². The summed E-state index contributed by atoms with van der Waals surface area (Å²) in [6.45, 7) is 2.68. The van der Waals surface area contributed by atoms with E-state index in [9.17, 15) is 9.90 Å². The lowest BCUT2D eigenvalue weighted by atomic mass is 10.1. The topological polar surface area (TPSA) is 78.9 Å². The van der Waals surface area contributed by atoms with Gasteiger partial charge in [-0.2, -0.15) is 10.4 Å². The minimum atomic E-state index is -0.998. The van der Waals surface area contributed by atoms with Crippen molar-refractivity contribution in [3.05, 3.63) is 41.6 Å². The van der Waals surface area contributed by atoms with Crippen LogP contribution in [0.15, 0.2) is 30.5 Å². The van der Waals surface area contributed by atoms with Crippen molar-refractivity contribution < 1.29 is 9.90 Å². The Balaban J connectivity index is 2.47. The highest BCUT2D eigenvalue weighted by molar-refractivity contribution is 5.94. The van der Waals surface area contributed by atoms with Gasteiger partial charge in [0.1, 0.15) is 11.3 Å². The largest absolute Gasteiger partial charge is 0.478 e. The minimum absolute atomic E-state index is 0.179. The van der Waals surface area contributed by atoms with Crippen molar-refractivity contribution in [3.8, 4) is 17.3 Å². The van der Waals surface area contributed by atoms with Crippen LogP contribution in [0.5, 0.6) is 0 Å². The fraction of sp³-hybridized carbons (Fsp3) is 0.214. The van der Waals surface area contributed by atoms with Gasteiger partial charge < -0.3 is 5.11 Å². The van der Waals surface area contributed by atoms with E-state index in [-0.39, 0.29) is 5.56 Å². The molecule has 96 valence electrons. The molecule has 0 spiro atoms. The highest BCUT2D eigenvalue weighted by Gasteiger charge is 2.16. The first kappa shape index (κ1) is 12.8. The average molecular weight is 255 g/mol. The lowest BCUT2D eigenvalue weighted by Crippen LogP contribution is -1.97. The third kappa shape index (κ3) is 2.63. The number of carbonyl (C=O) groups is 1. The number of carboxylic acids is 1. The Morgan fingerprint density at radius 1 is 1.42 bits per heavy atom. The number of nitrogens with zero attached hydrogens (tertiary/aromatic N) is 3. The molecule has 0 atom stereocenters. The number of rotatable bonds is 4. The summed E-state index contributed by atoms with van der Waals surface area (Å²) in [5.41, 5.74) is 1.85. The normalized spacial score (nSPS) is 10.1. The predicted molar refractivity (Wildman–Crippen MR) is 69.6 cm³/mol. The number of carboxylic acid groups (broad SMARTS) is 1. The van der Waals surface area contributed by atoms with Gasteiger partial charge in [-0.05, 0) is 18.6 Å². The zero-order valence-corrected chi connectivity index (χ0v) is 10.5. The quantitative estimate of drug-likeness (QED) is 0.910. The van der Waals surface area contributed by atoms with E-state index >= 15 is 0 Å². The second kappa shape index (κ2) is 5.36. The Bertz CT molecular complexity index is 636. The number of nitriles is 1. The molecule has 5 nitrogen and oxygen atoms in total. The fourth-order valence-electron chi connectivity index (χ4n) is 1.84. The van der Waals surface area contributed by atoms with Crippen LogP contribution in [-0.2, 0) is 6.54 Å². The Labute approximate surface area is 110 Å². The van der Waals surface area contributed by atoms with E-state index in [1.165, 1.54) is 0 Å². The maximum absolute atomic E-state index is 11.2. The van der Waals surface area contributed by atoms with E-state index in [0.717, 1.165) is 6.42 Å². The van der Waals surface area contributed by atoms with Crippen molar-refractivity contribution in [1.29, 1.82) is 5.26 Å². The Morgan fingerprint density at radius 2 is 2.11 bits per heavy atom. The Hall–Kier alpha value is -2.61. The summed E-state index contributed by atoms with van der Waals surface area (Å²) in [4.78, 5) is 11.2. The maximum atomic E-state index is 11.2. The summed E-state index contributed by atoms with van der Waals surface area (Å²) in [6.07, 6.45) is 2.42. The van der Waals surface area contributed by atoms with Crippen LogP contribution in [0, 0.1) is 11.3 Å². The summed E-state index contributed by atoms with van der Waals surface area (Å²) < 4.78 is 1.64. The van der Waals surface area contributed by atoms with Gasteiger partial charge in [0.25, 0.3) is 0 Å². The van der Waals surface area contributed by atoms with Crippen molar-refractivity contribution in [3.63, 3.8) is 0 Å². The first-order valence-corrected chi connectivity index (χ1v) is 5.97. The summed E-state index contributed by atoms with van der Waals surface area (Å²) in [6, 6.07) is 8.76. The van der Waals surface area contributed by atoms with Gasteiger partial charge in [-0.3, -0.25) is 4.68 Å². The molecule has 2 aromatic rings. The van der Waals surface area contributed by atoms with Crippen LogP contribution < -0.4 is 0 Å². The van der Waals surface area contributed by atoms with E-state index in [0.29, 0.717) is 23.4 Å². The van der Waals surface area contributed by atoms with E-state index in [1.807, 2.05) is 13.0 Å². The van der Waals surface area contributed by atoms with Gasteiger partial charge >= 0.3 is 5.97 Å². The third-order valence-corrected chi connectivity index (χ3v) is 2.73. The Kier molecular flexibility index (Phi) is 3.62. The molecule has 1 aromatic carbocycles. The molecule has 1 aromatic heterocycles. The van der Waals surface area contributed by atoms with Crippen molar-refractivity contribution in [2.45, 2.75) is 19.9 Å². The molecule has 0 bridgehead atoms. The average Bonchev–Trinajstić information content (AvgIpc) is 2.83. The molecule has 0 unspecified atom stereocenters. The standard InChI is InChI=1S/C14H13N3O2/c1-2-7-17-9-12(14(18)19)13(16-17)11-5-3-10(8-15)4-6-11/h3-6,9H,2,7H2,1H3,(H,18,19). The molecule has 0 saturated heterocycles. The van der Waals surface area contributed by atoms with Crippen LogP contribution in [-0.4, -0.2) is 20.9 Å². The number of aromatic nitrogens is 2. The third-order valence-electron chi connectivity index (χ3n) is 2.73. The molecular formula is C14H13N3O2. The van der Waals surface area contributed by atoms with E-state index < -0.39 is 5.97 Å². The lowest BCUT2D eigenvalue weighted by Gasteiger charge is -1.99. The van der Waals surface area contributed by atoms with Gasteiger partial charge in [0.15, 0.2) is 0 Å². The van der Waals surface area contributed by atoms with Crippen LogP contribution in [0.1, 0.15) is 29.3 Å². The van der Waals surface area contributed by atoms with Gasteiger partial charge in [0.2, 0.25) is 0 Å². The molecule has 1 heterocycles. The molecule has 0 amide bonds. The molecule has 0 fully saturated rings. The highest BCUT2D eigenvalue weighted by atomic mass is 16.4. The number of benzene rings is 1. The van der Waals surface area contributed by atoms with Gasteiger partial charge in [0, 0.05) is 18.3 Å². The number of aryl methyl sites for hydroxylation is 1. The molecule has 0 aliphatic rings. The number of aromatic carboxylic acids is 1. The SMILES string of the molecule is CCCn1cc(C(=O)O)c(-c2ccc(C#N)cc2)n1. The molecule has 0 saturated carbocycles. The Morgan fingerprint density at radius 3 is 2.63 bits per heavy atom. The molecule has 0 aliphatic carbocycles. The second-order valence-electron chi connectivity index (χ2n) is 4.15. The summed E-state index contributed by atoms with van der Waals surface area (Å²) >= 11 is 0. The van der Waals surface area contributed by atoms with Crippen molar-refractivity contribution in [1.82, 2.24) is 9.78 Å². The van der Waals surface area contributed by atoms with Crippen molar-refractivity contribution >= 4 is 5.97 Å². The second-order valence-corrected chi connectivity index (χ2v) is 4.15. The molecule has 1 N–H and O–H groups in total. The first-order chi connectivity index (χ1) is 9.15. The summed E-state index contributed by atoms with van der Waals surface area (Å²) in [7, 11) is 0. The van der Waals surface area contributed by atoms with Crippen LogP contribution in [0.4, 0.5) is 0 Å². The van der Waals surface area contributed by atoms with Gasteiger partial charge in [-0.15, -0.1) is 0 Å². The maximum Gasteiger partial charge on any atom is 0.339 e. The van der Waals surface area contributed by atoms with E-state index in [1.54, 1.807) is 35.1 Å². The molecule has 5 heteroatoms. The molecule has 19 heavy (non-hydrogen) atoms. The predicted octanol–water partition coefficient (Wildman–Crippen LogP) is 2.53. The van der Waals surface area contributed by atoms with Crippen LogP contribution >= 0.6 is 0 Å². The number of hydrogen-bond donors (Lipinski definition) is 1. The summed E-state index contributed by atoms with van der Waals surface area (Å²) in [5.74, 6) is -0.998. The highest BCUT2D eigenvalue weighted by Crippen LogP contribution is 2.22. The van der Waals surface area contributed by atoms with Gasteiger partial charge in [0.05, 0.1) is 11.6 Å². The molecule has 2 rings (SSSR count). The van der Waals surface area contributed by atoms with Crippen LogP contribution in [0.25, 0.3) is 11.3 Å². The van der Waals surface area contributed by atoms with Gasteiger partial charge in [-0.25, -0.2) is 4.79 Å². The van der Waals surface area contributed by atoms with E-state index in [4.69, 9.17) is 5.26 Å². The van der Waals surface area contributed by atoms with Crippen LogP contribution in [0.2, 0.25) is 0 Å². The van der Waals surface area contributed by atoms with Crippen LogP contribution in [0.3, 0.4) is 0 Å². The smallest absolute Gasteiger partial charge is 0.339 e. The zero-order chi connectivity index (χ0) is 13.8. The molecule has 0 aliphatic heterocycles. The van der Waals surface area contributed by atoms with E-state index in [2.05, 4.69) is 5.10 Å². The molecule has 0 radical (unpaired) electrons. The zero-order valence-electron chi connectivity index (χ0n) is 10.5. The number of hydrogen-bond acceptors (Lipinski definition) is 3. The minimum Gasteiger partial charge on any atom is -0.478 e. The van der Waals surface area contributed by atoms with Crippen molar-refractivity contribution in [2.75, 3.05) is 0 Å². The summed E-state index contributed by atoms with van der Waals surface area (Å²) in [5, 5.41) is 22.3. The monoisotopic (exact) mass is 255 g/mol. The lowest BCUT2D eigenvalue weighted by molar-refractivity contribution is 0.0697.